The molecule has 0 amide bonds. The monoisotopic (exact) mass is 508 g/mol. The average molecular weight is 509 g/mol. The minimum absolute atomic E-state index is 0.0148. The molecule has 1 saturated carbocycles. The lowest BCUT2D eigenvalue weighted by Gasteiger charge is -2.29. The van der Waals surface area contributed by atoms with Gasteiger partial charge < -0.3 is 33.9 Å². The molecule has 1 aromatic carbocycles. The number of hydrogen-bond donors (Lipinski definition) is 2. The number of rotatable bonds is 17. The van der Waals surface area contributed by atoms with Crippen LogP contribution in [0, 0.1) is 26.7 Å². The van der Waals surface area contributed by atoms with Crippen LogP contribution in [0.4, 0.5) is 0 Å². The molecule has 2 N–H and O–H groups in total. The van der Waals surface area contributed by atoms with Gasteiger partial charge in [0.2, 0.25) is 0 Å². The number of aryl methyl sites for hydroxylation is 3. The molecule has 1 aromatic rings. The first kappa shape index (κ1) is 30.3. The zero-order valence-corrected chi connectivity index (χ0v) is 22.3. The highest BCUT2D eigenvalue weighted by molar-refractivity contribution is 6.17. The Balaban J connectivity index is 1.66. The van der Waals surface area contributed by atoms with Crippen LogP contribution in [0.25, 0.3) is 5.57 Å². The molecule has 1 fully saturated rings. The summed E-state index contributed by atoms with van der Waals surface area (Å²) in [6, 6.07) is 3.91. The van der Waals surface area contributed by atoms with Crippen LogP contribution in [0.2, 0.25) is 0 Å². The van der Waals surface area contributed by atoms with E-state index in [4.69, 9.17) is 23.7 Å². The second kappa shape index (κ2) is 16.7. The molecule has 0 aliphatic heterocycles. The molecule has 36 heavy (non-hydrogen) atoms. The Kier molecular flexibility index (Phi) is 14.0. The summed E-state index contributed by atoms with van der Waals surface area (Å²) in [7, 11) is 0. The van der Waals surface area contributed by atoms with Gasteiger partial charge in [-0.05, 0) is 70.1 Å². The summed E-state index contributed by atoms with van der Waals surface area (Å²) in [6.07, 6.45) is 3.04. The molecule has 0 radical (unpaired) electrons. The molecule has 1 aliphatic rings. The lowest BCUT2D eigenvalue weighted by Crippen LogP contribution is -2.25. The third-order valence-electron chi connectivity index (χ3n) is 6.36. The summed E-state index contributed by atoms with van der Waals surface area (Å²) >= 11 is 0. The average Bonchev–Trinajstić information content (AvgIpc) is 2.84. The van der Waals surface area contributed by atoms with Crippen molar-refractivity contribution in [2.45, 2.75) is 59.5 Å². The minimum atomic E-state index is -1.09. The third kappa shape index (κ3) is 10.2. The number of aliphatic carboxylic acids is 1. The van der Waals surface area contributed by atoms with Gasteiger partial charge in [0.25, 0.3) is 0 Å². The van der Waals surface area contributed by atoms with E-state index in [1.54, 1.807) is 0 Å². The molecule has 0 atom stereocenters. The van der Waals surface area contributed by atoms with Crippen LogP contribution in [0.15, 0.2) is 17.9 Å². The predicted molar refractivity (Wildman–Crippen MR) is 138 cm³/mol. The Morgan fingerprint density at radius 1 is 0.778 bits per heavy atom. The van der Waals surface area contributed by atoms with Gasteiger partial charge in [-0.15, -0.1) is 0 Å². The molecule has 0 heterocycles. The Morgan fingerprint density at radius 3 is 1.72 bits per heavy atom. The number of aliphatic hydroxyl groups is 1. The highest BCUT2D eigenvalue weighted by Crippen LogP contribution is 2.36. The van der Waals surface area contributed by atoms with E-state index in [2.05, 4.69) is 0 Å². The Hall–Kier alpha value is -1.97. The zero-order chi connectivity index (χ0) is 26.3. The van der Waals surface area contributed by atoms with E-state index < -0.39 is 5.97 Å². The lowest BCUT2D eigenvalue weighted by molar-refractivity contribution is -0.130. The molecule has 0 spiro atoms. The third-order valence-corrected chi connectivity index (χ3v) is 6.36. The normalized spacial score (nSPS) is 18.8. The van der Waals surface area contributed by atoms with Crippen molar-refractivity contribution in [1.29, 1.82) is 0 Å². The fourth-order valence-electron chi connectivity index (χ4n) is 4.70. The standard InChI is InChI=1S/C28H44O8/c1-5-32-10-11-33-12-13-34-14-15-35-16-17-36-24-8-6-23(7-9-24)27(29)26(28(30)31)25-21(3)18-20(2)19-22(25)4/h18-19,23-24,29H,5-17H2,1-4H3,(H,30,31)/b27-26+. The van der Waals surface area contributed by atoms with Crippen molar-refractivity contribution in [3.05, 3.63) is 40.1 Å². The van der Waals surface area contributed by atoms with E-state index in [1.807, 2.05) is 39.8 Å². The van der Waals surface area contributed by atoms with E-state index >= 15 is 0 Å². The Bertz CT molecular complexity index is 804. The van der Waals surface area contributed by atoms with Gasteiger partial charge in [-0.25, -0.2) is 4.79 Å². The fourth-order valence-corrected chi connectivity index (χ4v) is 4.70. The van der Waals surface area contributed by atoms with Crippen molar-refractivity contribution in [2.75, 3.05) is 59.5 Å². The van der Waals surface area contributed by atoms with Gasteiger partial charge in [-0.2, -0.15) is 0 Å². The number of hydrogen-bond acceptors (Lipinski definition) is 7. The highest BCUT2D eigenvalue weighted by atomic mass is 16.6. The molecule has 0 unspecified atom stereocenters. The first-order valence-electron chi connectivity index (χ1n) is 13.0. The SMILES string of the molecule is CCOCCOCCOCCOCCOC1CCC(/C(O)=C(\C(=O)O)c2c(C)cc(C)cc2C)CC1. The van der Waals surface area contributed by atoms with Crippen LogP contribution in [0.3, 0.4) is 0 Å². The van der Waals surface area contributed by atoms with Crippen LogP contribution >= 0.6 is 0 Å². The van der Waals surface area contributed by atoms with Gasteiger partial charge in [-0.3, -0.25) is 0 Å². The number of carboxylic acid groups (broad SMARTS) is 1. The van der Waals surface area contributed by atoms with Gasteiger partial charge in [-0.1, -0.05) is 17.7 Å². The van der Waals surface area contributed by atoms with E-state index in [-0.39, 0.29) is 23.4 Å². The van der Waals surface area contributed by atoms with E-state index in [1.165, 1.54) is 0 Å². The summed E-state index contributed by atoms with van der Waals surface area (Å²) in [6.45, 7) is 12.7. The summed E-state index contributed by atoms with van der Waals surface area (Å²) in [5.74, 6) is -1.28. The minimum Gasteiger partial charge on any atom is -0.511 e. The first-order chi connectivity index (χ1) is 17.3. The van der Waals surface area contributed by atoms with Crippen molar-refractivity contribution in [2.24, 2.45) is 5.92 Å². The molecule has 204 valence electrons. The van der Waals surface area contributed by atoms with Gasteiger partial charge >= 0.3 is 5.97 Å². The van der Waals surface area contributed by atoms with E-state index in [0.29, 0.717) is 77.9 Å². The second-order valence-electron chi connectivity index (χ2n) is 9.22. The van der Waals surface area contributed by atoms with Crippen LogP contribution in [0.1, 0.15) is 54.9 Å². The van der Waals surface area contributed by atoms with Gasteiger partial charge in [0.1, 0.15) is 11.3 Å². The highest BCUT2D eigenvalue weighted by Gasteiger charge is 2.30. The molecule has 8 nitrogen and oxygen atoms in total. The number of ether oxygens (including phenoxy) is 5. The molecule has 0 bridgehead atoms. The number of aliphatic hydroxyl groups excluding tert-OH is 1. The van der Waals surface area contributed by atoms with E-state index in [9.17, 15) is 15.0 Å². The van der Waals surface area contributed by atoms with Crippen molar-refractivity contribution < 1.29 is 38.7 Å². The van der Waals surface area contributed by atoms with Gasteiger partial charge in [0.05, 0.1) is 59.0 Å². The maximum absolute atomic E-state index is 12.1. The summed E-state index contributed by atoms with van der Waals surface area (Å²) in [4.78, 5) is 12.1. The summed E-state index contributed by atoms with van der Waals surface area (Å²) in [5, 5.41) is 20.9. The number of carbonyl (C=O) groups is 1. The Morgan fingerprint density at radius 2 is 1.25 bits per heavy atom. The maximum atomic E-state index is 12.1. The quantitative estimate of drug-likeness (QED) is 0.178. The van der Waals surface area contributed by atoms with Crippen LogP contribution in [0.5, 0.6) is 0 Å². The largest absolute Gasteiger partial charge is 0.511 e. The number of allylic oxidation sites excluding steroid dienone is 1. The van der Waals surface area contributed by atoms with Crippen molar-refractivity contribution in [3.63, 3.8) is 0 Å². The predicted octanol–water partition coefficient (Wildman–Crippen LogP) is 4.63. The van der Waals surface area contributed by atoms with Crippen molar-refractivity contribution in [3.8, 4) is 0 Å². The fraction of sp³-hybridized carbons (Fsp3) is 0.679. The number of benzene rings is 1. The van der Waals surface area contributed by atoms with Gasteiger partial charge in [0.15, 0.2) is 0 Å². The van der Waals surface area contributed by atoms with Crippen LogP contribution in [-0.2, 0) is 28.5 Å². The lowest BCUT2D eigenvalue weighted by atomic mass is 9.82. The molecule has 0 saturated heterocycles. The summed E-state index contributed by atoms with van der Waals surface area (Å²) in [5.41, 5.74) is 3.46. The molecule has 2 rings (SSSR count). The van der Waals surface area contributed by atoms with Gasteiger partial charge in [0, 0.05) is 12.5 Å². The maximum Gasteiger partial charge on any atom is 0.339 e. The molecular formula is C28H44O8. The van der Waals surface area contributed by atoms with Crippen LogP contribution in [-0.4, -0.2) is 81.7 Å². The van der Waals surface area contributed by atoms with Crippen molar-refractivity contribution >= 4 is 11.5 Å². The summed E-state index contributed by atoms with van der Waals surface area (Å²) < 4.78 is 27.5. The topological polar surface area (TPSA) is 104 Å². The zero-order valence-electron chi connectivity index (χ0n) is 22.3. The Labute approximate surface area is 215 Å². The molecular weight excluding hydrogens is 464 g/mol. The number of carboxylic acids is 1. The smallest absolute Gasteiger partial charge is 0.339 e. The second-order valence-corrected chi connectivity index (χ2v) is 9.22. The molecule has 0 aromatic heterocycles. The van der Waals surface area contributed by atoms with E-state index in [0.717, 1.165) is 29.5 Å². The molecule has 1 aliphatic carbocycles. The van der Waals surface area contributed by atoms with Crippen LogP contribution < -0.4 is 0 Å². The molecule has 8 heteroatoms. The first-order valence-corrected chi connectivity index (χ1v) is 13.0. The van der Waals surface area contributed by atoms with Crippen molar-refractivity contribution in [1.82, 2.24) is 0 Å².